The third-order valence-electron chi connectivity index (χ3n) is 5.26. The van der Waals surface area contributed by atoms with Crippen LogP contribution < -0.4 is 30.4 Å². The van der Waals surface area contributed by atoms with Crippen LogP contribution in [0.2, 0.25) is 0 Å². The fraction of sp³-hybridized carbons (Fsp3) is 0.107. The lowest BCUT2D eigenvalue weighted by Gasteiger charge is -2.13. The molecule has 0 aliphatic carbocycles. The Hall–Kier alpha value is -3.67. The van der Waals surface area contributed by atoms with Gasteiger partial charge in [-0.05, 0) is 93.5 Å². The fourth-order valence-electron chi connectivity index (χ4n) is 3.40. The Morgan fingerprint density at radius 2 is 1.46 bits per heavy atom. The molecule has 0 radical (unpaired) electrons. The molecule has 4 rings (SSSR count). The topological polar surface area (TPSA) is 97.9 Å². The van der Waals surface area contributed by atoms with Gasteiger partial charge in [0.1, 0.15) is 30.5 Å². The summed E-state index contributed by atoms with van der Waals surface area (Å²) in [7, 11) is 0. The van der Waals surface area contributed by atoms with Crippen molar-refractivity contribution in [1.29, 1.82) is 0 Å². The van der Waals surface area contributed by atoms with E-state index in [4.69, 9.17) is 26.4 Å². The first-order valence-corrected chi connectivity index (χ1v) is 13.7. The number of hydrazine groups is 1. The zero-order chi connectivity index (χ0) is 27.6. The number of hydrogen-bond donors (Lipinski definition) is 3. The van der Waals surface area contributed by atoms with Crippen LogP contribution in [0.3, 0.4) is 0 Å². The summed E-state index contributed by atoms with van der Waals surface area (Å²) in [6, 6.07) is 25.6. The minimum atomic E-state index is -0.479. The van der Waals surface area contributed by atoms with Crippen molar-refractivity contribution in [1.82, 2.24) is 16.2 Å². The molecule has 8 nitrogen and oxygen atoms in total. The van der Waals surface area contributed by atoms with Crippen LogP contribution in [0.25, 0.3) is 10.8 Å². The molecular weight excluding hydrogens is 650 g/mol. The van der Waals surface area contributed by atoms with Crippen LogP contribution in [0.5, 0.6) is 17.2 Å². The van der Waals surface area contributed by atoms with Crippen molar-refractivity contribution in [3.8, 4) is 17.2 Å². The molecule has 2 amide bonds. The highest BCUT2D eigenvalue weighted by Crippen LogP contribution is 2.34. The van der Waals surface area contributed by atoms with Crippen LogP contribution in [0.15, 0.2) is 93.9 Å². The first-order chi connectivity index (χ1) is 18.9. The average Bonchev–Trinajstić information content (AvgIpc) is 2.94. The number of ether oxygens (including phenoxy) is 3. The smallest absolute Gasteiger partial charge is 0.276 e. The van der Waals surface area contributed by atoms with E-state index in [9.17, 15) is 9.59 Å². The third-order valence-corrected chi connectivity index (χ3v) is 6.78. The van der Waals surface area contributed by atoms with Crippen LogP contribution in [-0.2, 0) is 4.79 Å². The van der Waals surface area contributed by atoms with Gasteiger partial charge in [-0.2, -0.15) is 0 Å². The fourth-order valence-corrected chi connectivity index (χ4v) is 4.54. The normalized spacial score (nSPS) is 10.4. The third kappa shape index (κ3) is 8.41. The summed E-state index contributed by atoms with van der Waals surface area (Å²) in [6.45, 7) is 0.482. The second-order valence-electron chi connectivity index (χ2n) is 8.02. The van der Waals surface area contributed by atoms with Crippen LogP contribution in [0.1, 0.15) is 10.4 Å². The molecule has 0 atom stereocenters. The summed E-state index contributed by atoms with van der Waals surface area (Å²) in [5, 5.41) is 4.41. The van der Waals surface area contributed by atoms with E-state index in [2.05, 4.69) is 48.0 Å². The number of halogens is 2. The second kappa shape index (κ2) is 13.9. The molecule has 0 unspecified atom stereocenters. The van der Waals surface area contributed by atoms with Gasteiger partial charge in [-0.1, -0.05) is 46.3 Å². The molecule has 200 valence electrons. The maximum atomic E-state index is 12.5. The number of carbonyl (C=O) groups is 2. The molecule has 0 fully saturated rings. The van der Waals surface area contributed by atoms with Gasteiger partial charge in [0.15, 0.2) is 11.7 Å². The van der Waals surface area contributed by atoms with Gasteiger partial charge in [0, 0.05) is 10.0 Å². The lowest BCUT2D eigenvalue weighted by molar-refractivity contribution is -0.123. The highest BCUT2D eigenvalue weighted by molar-refractivity contribution is 9.11. The van der Waals surface area contributed by atoms with Gasteiger partial charge < -0.3 is 14.2 Å². The molecule has 11 heteroatoms. The van der Waals surface area contributed by atoms with E-state index in [0.717, 1.165) is 25.5 Å². The predicted octanol–water partition coefficient (Wildman–Crippen LogP) is 5.54. The van der Waals surface area contributed by atoms with E-state index in [0.29, 0.717) is 30.3 Å². The highest BCUT2D eigenvalue weighted by atomic mass is 79.9. The summed E-state index contributed by atoms with van der Waals surface area (Å²) >= 11 is 12.1. The Morgan fingerprint density at radius 3 is 2.18 bits per heavy atom. The van der Waals surface area contributed by atoms with Gasteiger partial charge >= 0.3 is 0 Å². The Morgan fingerprint density at radius 1 is 0.769 bits per heavy atom. The second-order valence-corrected chi connectivity index (χ2v) is 10.1. The molecule has 0 spiro atoms. The van der Waals surface area contributed by atoms with Gasteiger partial charge in [0.05, 0.1) is 4.47 Å². The van der Waals surface area contributed by atoms with Crippen molar-refractivity contribution >= 4 is 71.8 Å². The minimum absolute atomic E-state index is 0.0656. The zero-order valence-corrected chi connectivity index (χ0v) is 24.4. The number of amides is 2. The number of hydrogen-bond acceptors (Lipinski definition) is 6. The van der Waals surface area contributed by atoms with Crippen LogP contribution >= 0.6 is 44.1 Å². The summed E-state index contributed by atoms with van der Waals surface area (Å²) in [5.41, 5.74) is 5.26. The van der Waals surface area contributed by atoms with Crippen molar-refractivity contribution in [3.63, 3.8) is 0 Å². The first kappa shape index (κ1) is 28.3. The summed E-state index contributed by atoms with van der Waals surface area (Å²) in [5.74, 6) is 0.970. The largest absolute Gasteiger partial charge is 0.490 e. The molecule has 0 saturated carbocycles. The number of thiocarbonyl (C=S) groups is 1. The monoisotopic (exact) mass is 671 g/mol. The summed E-state index contributed by atoms with van der Waals surface area (Å²) in [4.78, 5) is 24.7. The molecule has 4 aromatic carbocycles. The van der Waals surface area contributed by atoms with Crippen LogP contribution in [0.4, 0.5) is 0 Å². The molecule has 3 N–H and O–H groups in total. The number of carbonyl (C=O) groups excluding carboxylic acids is 2. The van der Waals surface area contributed by atoms with Gasteiger partial charge in [0.25, 0.3) is 11.8 Å². The highest BCUT2D eigenvalue weighted by Gasteiger charge is 2.11. The van der Waals surface area contributed by atoms with E-state index in [1.807, 2.05) is 54.6 Å². The zero-order valence-electron chi connectivity index (χ0n) is 20.4. The van der Waals surface area contributed by atoms with E-state index in [1.165, 1.54) is 0 Å². The first-order valence-electron chi connectivity index (χ1n) is 11.7. The lowest BCUT2D eigenvalue weighted by atomic mass is 10.1. The Labute approximate surface area is 247 Å². The van der Waals surface area contributed by atoms with Crippen molar-refractivity contribution in [2.45, 2.75) is 0 Å². The van der Waals surface area contributed by atoms with Gasteiger partial charge in [-0.3, -0.25) is 25.8 Å². The quantitative estimate of drug-likeness (QED) is 0.122. The maximum absolute atomic E-state index is 12.5. The van der Waals surface area contributed by atoms with E-state index in [-0.39, 0.29) is 11.7 Å². The number of fused-ring (bicyclic) bond motifs is 1. The SMILES string of the molecule is O=C(COc1ccc2cc(Br)ccc2c1Br)NNC(=S)NC(=O)c1ccc(OCCOc2ccccc2)cc1. The Balaban J connectivity index is 1.16. The van der Waals surface area contributed by atoms with Crippen molar-refractivity contribution < 1.29 is 23.8 Å². The Bertz CT molecular complexity index is 1470. The van der Waals surface area contributed by atoms with E-state index >= 15 is 0 Å². The van der Waals surface area contributed by atoms with Crippen molar-refractivity contribution in [2.24, 2.45) is 0 Å². The molecule has 0 heterocycles. The molecule has 4 aromatic rings. The van der Waals surface area contributed by atoms with Gasteiger partial charge in [0.2, 0.25) is 0 Å². The van der Waals surface area contributed by atoms with Gasteiger partial charge in [-0.25, -0.2) is 0 Å². The van der Waals surface area contributed by atoms with Crippen LogP contribution in [0, 0.1) is 0 Å². The predicted molar refractivity (Wildman–Crippen MR) is 160 cm³/mol. The Kier molecular flexibility index (Phi) is 10.1. The summed E-state index contributed by atoms with van der Waals surface area (Å²) < 4.78 is 18.6. The minimum Gasteiger partial charge on any atom is -0.490 e. The van der Waals surface area contributed by atoms with Crippen molar-refractivity contribution in [3.05, 3.63) is 99.4 Å². The molecule has 0 bridgehead atoms. The van der Waals surface area contributed by atoms with Crippen LogP contribution in [-0.4, -0.2) is 36.7 Å². The van der Waals surface area contributed by atoms with Gasteiger partial charge in [-0.15, -0.1) is 0 Å². The lowest BCUT2D eigenvalue weighted by Crippen LogP contribution is -2.49. The van der Waals surface area contributed by atoms with E-state index < -0.39 is 11.8 Å². The molecule has 0 saturated heterocycles. The average molecular weight is 673 g/mol. The molecular formula is C28H23Br2N3O5S. The van der Waals surface area contributed by atoms with Crippen molar-refractivity contribution in [2.75, 3.05) is 19.8 Å². The summed E-state index contributed by atoms with van der Waals surface area (Å²) in [6.07, 6.45) is 0. The maximum Gasteiger partial charge on any atom is 0.276 e. The molecule has 0 aliphatic rings. The molecule has 39 heavy (non-hydrogen) atoms. The number of benzene rings is 4. The van der Waals surface area contributed by atoms with E-state index in [1.54, 1.807) is 30.3 Å². The molecule has 0 aliphatic heterocycles. The standard InChI is InChI=1S/C28H23Br2N3O5S/c29-20-9-12-23-19(16-20)8-13-24(26(23)30)38-17-25(34)32-33-28(39)31-27(35)18-6-10-22(11-7-18)37-15-14-36-21-4-2-1-3-5-21/h1-13,16H,14-15,17H2,(H,32,34)(H2,31,33,35,39). The number of nitrogens with one attached hydrogen (secondary N) is 3. The molecule has 0 aromatic heterocycles. The number of rotatable bonds is 9. The number of para-hydroxylation sites is 1.